The standard InChI is InChI=1S/C16H18O3/c1-12-5-7-14(8-6-12)9-10-15-16(19-13(2)17)4-3-11-18-15/h5-8,15-16H,3-4,11H2,1-2H3/t15-,16-/m1/s1. The molecule has 1 heterocycles. The molecule has 2 atom stereocenters. The molecule has 1 aliphatic heterocycles. The van der Waals surface area contributed by atoms with Crippen molar-refractivity contribution >= 4 is 5.97 Å². The summed E-state index contributed by atoms with van der Waals surface area (Å²) in [5, 5.41) is 0. The van der Waals surface area contributed by atoms with Crippen LogP contribution in [0.25, 0.3) is 0 Å². The van der Waals surface area contributed by atoms with Gasteiger partial charge in [0.2, 0.25) is 0 Å². The molecule has 1 fully saturated rings. The molecule has 1 saturated heterocycles. The maximum atomic E-state index is 11.0. The minimum atomic E-state index is -0.320. The SMILES string of the molecule is CC(=O)O[C@@H]1CCCO[C@@H]1C#Cc1ccc(C)cc1. The first-order valence-corrected chi connectivity index (χ1v) is 6.52. The first-order valence-electron chi connectivity index (χ1n) is 6.52. The topological polar surface area (TPSA) is 35.5 Å². The summed E-state index contributed by atoms with van der Waals surface area (Å²) in [7, 11) is 0. The van der Waals surface area contributed by atoms with Gasteiger partial charge in [0.1, 0.15) is 6.10 Å². The van der Waals surface area contributed by atoms with E-state index < -0.39 is 0 Å². The largest absolute Gasteiger partial charge is 0.459 e. The third-order valence-corrected chi connectivity index (χ3v) is 3.00. The van der Waals surface area contributed by atoms with Gasteiger partial charge in [0.05, 0.1) is 0 Å². The zero-order valence-corrected chi connectivity index (χ0v) is 11.3. The Kier molecular flexibility index (Phi) is 4.59. The van der Waals surface area contributed by atoms with E-state index in [-0.39, 0.29) is 18.2 Å². The van der Waals surface area contributed by atoms with Crippen molar-refractivity contribution in [2.24, 2.45) is 0 Å². The van der Waals surface area contributed by atoms with Crippen LogP contribution in [0, 0.1) is 18.8 Å². The summed E-state index contributed by atoms with van der Waals surface area (Å²) in [6.07, 6.45) is 1.15. The fourth-order valence-corrected chi connectivity index (χ4v) is 2.01. The maximum absolute atomic E-state index is 11.0. The molecule has 1 aromatic carbocycles. The van der Waals surface area contributed by atoms with E-state index in [1.54, 1.807) is 0 Å². The van der Waals surface area contributed by atoms with Gasteiger partial charge in [-0.25, -0.2) is 0 Å². The number of carbonyl (C=O) groups excluding carboxylic acids is 1. The van der Waals surface area contributed by atoms with E-state index in [1.165, 1.54) is 12.5 Å². The first kappa shape index (κ1) is 13.6. The summed E-state index contributed by atoms with van der Waals surface area (Å²) >= 11 is 0. The van der Waals surface area contributed by atoms with E-state index in [9.17, 15) is 4.79 Å². The average molecular weight is 258 g/mol. The lowest BCUT2D eigenvalue weighted by atomic mass is 10.0. The van der Waals surface area contributed by atoms with Crippen LogP contribution in [-0.2, 0) is 14.3 Å². The Morgan fingerprint density at radius 1 is 1.37 bits per heavy atom. The Labute approximate surface area is 113 Å². The van der Waals surface area contributed by atoms with Crippen LogP contribution in [0.5, 0.6) is 0 Å². The second kappa shape index (κ2) is 6.40. The maximum Gasteiger partial charge on any atom is 0.303 e. The molecule has 0 aromatic heterocycles. The number of aryl methyl sites for hydroxylation is 1. The molecule has 3 nitrogen and oxygen atoms in total. The number of hydrogen-bond acceptors (Lipinski definition) is 3. The predicted molar refractivity (Wildman–Crippen MR) is 72.6 cm³/mol. The van der Waals surface area contributed by atoms with E-state index >= 15 is 0 Å². The van der Waals surface area contributed by atoms with Crippen LogP contribution in [0.15, 0.2) is 24.3 Å². The van der Waals surface area contributed by atoms with Crippen LogP contribution < -0.4 is 0 Å². The molecule has 100 valence electrons. The van der Waals surface area contributed by atoms with Crippen molar-refractivity contribution in [1.29, 1.82) is 0 Å². The highest BCUT2D eigenvalue weighted by atomic mass is 16.6. The Morgan fingerprint density at radius 2 is 2.11 bits per heavy atom. The summed E-state index contributed by atoms with van der Waals surface area (Å²) in [5.74, 6) is 5.86. The van der Waals surface area contributed by atoms with Gasteiger partial charge in [0, 0.05) is 19.1 Å². The fraction of sp³-hybridized carbons (Fsp3) is 0.438. The highest BCUT2D eigenvalue weighted by Crippen LogP contribution is 2.17. The van der Waals surface area contributed by atoms with Crippen LogP contribution in [-0.4, -0.2) is 24.8 Å². The van der Waals surface area contributed by atoms with Crippen LogP contribution >= 0.6 is 0 Å². The normalized spacial score (nSPS) is 22.2. The van der Waals surface area contributed by atoms with Crippen molar-refractivity contribution in [2.45, 2.75) is 38.9 Å². The number of carbonyl (C=O) groups is 1. The number of hydrogen-bond donors (Lipinski definition) is 0. The second-order valence-electron chi connectivity index (χ2n) is 4.72. The number of ether oxygens (including phenoxy) is 2. The van der Waals surface area contributed by atoms with Crippen LogP contribution in [0.2, 0.25) is 0 Å². The summed E-state index contributed by atoms with van der Waals surface area (Å²) in [6, 6.07) is 8.00. The number of benzene rings is 1. The second-order valence-corrected chi connectivity index (χ2v) is 4.72. The van der Waals surface area contributed by atoms with Gasteiger partial charge in [-0.05, 0) is 31.9 Å². The van der Waals surface area contributed by atoms with Crippen molar-refractivity contribution in [1.82, 2.24) is 0 Å². The molecule has 0 aliphatic carbocycles. The first-order chi connectivity index (χ1) is 9.15. The molecular weight excluding hydrogens is 240 g/mol. The Balaban J connectivity index is 2.07. The Hall–Kier alpha value is -1.79. The predicted octanol–water partition coefficient (Wildman–Crippen LogP) is 2.46. The molecule has 0 spiro atoms. The number of esters is 1. The molecule has 1 aliphatic rings. The van der Waals surface area contributed by atoms with Crippen LogP contribution in [0.1, 0.15) is 30.9 Å². The lowest BCUT2D eigenvalue weighted by Gasteiger charge is -2.27. The Bertz CT molecular complexity index is 493. The lowest BCUT2D eigenvalue weighted by molar-refractivity contribution is -0.156. The van der Waals surface area contributed by atoms with E-state index in [0.717, 1.165) is 18.4 Å². The van der Waals surface area contributed by atoms with E-state index in [1.807, 2.05) is 31.2 Å². The van der Waals surface area contributed by atoms with Gasteiger partial charge in [0.25, 0.3) is 0 Å². The summed E-state index contributed by atoms with van der Waals surface area (Å²) in [6.45, 7) is 4.13. The van der Waals surface area contributed by atoms with Crippen molar-refractivity contribution in [3.63, 3.8) is 0 Å². The molecule has 0 saturated carbocycles. The van der Waals surface area contributed by atoms with E-state index in [4.69, 9.17) is 9.47 Å². The van der Waals surface area contributed by atoms with Gasteiger partial charge >= 0.3 is 5.97 Å². The quantitative estimate of drug-likeness (QED) is 0.573. The van der Waals surface area contributed by atoms with Gasteiger partial charge in [-0.3, -0.25) is 4.79 Å². The molecule has 19 heavy (non-hydrogen) atoms. The third-order valence-electron chi connectivity index (χ3n) is 3.00. The minimum Gasteiger partial charge on any atom is -0.459 e. The van der Waals surface area contributed by atoms with Gasteiger partial charge in [0.15, 0.2) is 6.10 Å². The van der Waals surface area contributed by atoms with Gasteiger partial charge in [-0.2, -0.15) is 0 Å². The molecule has 0 unspecified atom stereocenters. The summed E-state index contributed by atoms with van der Waals surface area (Å²) in [4.78, 5) is 11.0. The molecule has 1 aromatic rings. The smallest absolute Gasteiger partial charge is 0.303 e. The van der Waals surface area contributed by atoms with E-state index in [2.05, 4.69) is 11.8 Å². The summed E-state index contributed by atoms with van der Waals surface area (Å²) in [5.41, 5.74) is 2.15. The molecule has 0 amide bonds. The van der Waals surface area contributed by atoms with Gasteiger partial charge in [-0.15, -0.1) is 0 Å². The average Bonchev–Trinajstić information content (AvgIpc) is 2.39. The van der Waals surface area contributed by atoms with Crippen LogP contribution in [0.4, 0.5) is 0 Å². The van der Waals surface area contributed by atoms with E-state index in [0.29, 0.717) is 6.61 Å². The highest BCUT2D eigenvalue weighted by molar-refractivity contribution is 5.66. The highest BCUT2D eigenvalue weighted by Gasteiger charge is 2.26. The van der Waals surface area contributed by atoms with Crippen molar-refractivity contribution in [3.05, 3.63) is 35.4 Å². The van der Waals surface area contributed by atoms with Crippen molar-refractivity contribution in [2.75, 3.05) is 6.61 Å². The summed E-state index contributed by atoms with van der Waals surface area (Å²) < 4.78 is 10.8. The zero-order valence-electron chi connectivity index (χ0n) is 11.3. The molecule has 0 bridgehead atoms. The molecule has 3 heteroatoms. The van der Waals surface area contributed by atoms with Gasteiger partial charge in [-0.1, -0.05) is 29.5 Å². The molecular formula is C16H18O3. The molecule has 2 rings (SSSR count). The number of rotatable bonds is 1. The molecule has 0 radical (unpaired) electrons. The zero-order chi connectivity index (χ0) is 13.7. The minimum absolute atomic E-state index is 0.246. The van der Waals surface area contributed by atoms with Crippen molar-refractivity contribution < 1.29 is 14.3 Å². The third kappa shape index (κ3) is 4.11. The monoisotopic (exact) mass is 258 g/mol. The Morgan fingerprint density at radius 3 is 2.79 bits per heavy atom. The fourth-order valence-electron chi connectivity index (χ4n) is 2.01. The van der Waals surface area contributed by atoms with Gasteiger partial charge < -0.3 is 9.47 Å². The van der Waals surface area contributed by atoms with Crippen molar-refractivity contribution in [3.8, 4) is 11.8 Å². The molecule has 0 N–H and O–H groups in total. The lowest BCUT2D eigenvalue weighted by Crippen LogP contribution is -2.36. The van der Waals surface area contributed by atoms with Crippen LogP contribution in [0.3, 0.4) is 0 Å².